The molecule has 0 atom stereocenters. The first-order valence-electron chi connectivity index (χ1n) is 11.8. The minimum Gasteiger partial charge on any atom is -0.493 e. The van der Waals surface area contributed by atoms with Crippen LogP contribution in [0.2, 0.25) is 0 Å². The van der Waals surface area contributed by atoms with Gasteiger partial charge in [0.15, 0.2) is 23.1 Å². The van der Waals surface area contributed by atoms with Gasteiger partial charge in [0, 0.05) is 42.7 Å². The molecule has 5 rings (SSSR count). The number of ether oxygens (including phenoxy) is 2. The number of carbonyl (C=O) groups excluding carboxylic acids is 2. The molecule has 9 heteroatoms. The molecule has 2 aromatic rings. The zero-order valence-corrected chi connectivity index (χ0v) is 22.3. The molecule has 0 radical (unpaired) electrons. The summed E-state index contributed by atoms with van der Waals surface area (Å²) < 4.78 is 43.4. The molecule has 0 saturated heterocycles. The van der Waals surface area contributed by atoms with Gasteiger partial charge in [-0.15, -0.1) is 0 Å². The highest BCUT2D eigenvalue weighted by Gasteiger charge is 2.42. The van der Waals surface area contributed by atoms with Crippen LogP contribution in [0.1, 0.15) is 55.6 Å². The minimum absolute atomic E-state index is 0.0118. The molecule has 0 saturated carbocycles. The van der Waals surface area contributed by atoms with Gasteiger partial charge in [-0.25, -0.2) is 0 Å². The van der Waals surface area contributed by atoms with Crippen LogP contribution in [0.3, 0.4) is 0 Å². The number of ketones is 2. The molecule has 0 spiro atoms. The summed E-state index contributed by atoms with van der Waals surface area (Å²) in [6, 6.07) is 9.67. The molecule has 7 nitrogen and oxygen atoms in total. The van der Waals surface area contributed by atoms with Crippen molar-refractivity contribution in [1.29, 1.82) is 0 Å². The first-order valence-corrected chi connectivity index (χ1v) is 14.0. The molecule has 0 unspecified atom stereocenters. The number of Topliss-reactive ketones (excluding diaryl/α,β-unsaturated/α-hetero) is 2. The second-order valence-corrected chi connectivity index (χ2v) is 11.5. The van der Waals surface area contributed by atoms with Crippen LogP contribution in [0.15, 0.2) is 68.4 Å². The lowest BCUT2D eigenvalue weighted by atomic mass is 9.73. The van der Waals surface area contributed by atoms with Gasteiger partial charge in [-0.1, -0.05) is 17.7 Å². The van der Waals surface area contributed by atoms with Crippen molar-refractivity contribution in [3.63, 3.8) is 0 Å². The Morgan fingerprint density at radius 1 is 0.917 bits per heavy atom. The van der Waals surface area contributed by atoms with Crippen molar-refractivity contribution in [2.75, 3.05) is 7.11 Å². The van der Waals surface area contributed by atoms with E-state index in [9.17, 15) is 18.0 Å². The first-order chi connectivity index (χ1) is 17.2. The highest BCUT2D eigenvalue weighted by atomic mass is 79.9. The fourth-order valence-corrected chi connectivity index (χ4v) is 6.61. The maximum absolute atomic E-state index is 13.0. The Balaban J connectivity index is 1.61. The van der Waals surface area contributed by atoms with Crippen molar-refractivity contribution in [2.45, 2.75) is 56.3 Å². The largest absolute Gasteiger partial charge is 0.493 e. The van der Waals surface area contributed by atoms with Crippen molar-refractivity contribution >= 4 is 37.6 Å². The lowest BCUT2D eigenvalue weighted by molar-refractivity contribution is -0.117. The standard InChI is InChI=1S/C27H25BrO7S/c1-15-9-11-17(12-10-15)36(31,32)35-27-18(28)13-16(14-23(27)33-2)24-25-19(29)5-3-7-21(25)34-22-8-4-6-20(30)26(22)24/h9-14,24H,3-8H2,1-2H3. The highest BCUT2D eigenvalue weighted by Crippen LogP contribution is 2.50. The van der Waals surface area contributed by atoms with Crippen molar-refractivity contribution in [2.24, 2.45) is 0 Å². The molecule has 36 heavy (non-hydrogen) atoms. The second-order valence-electron chi connectivity index (χ2n) is 9.15. The summed E-state index contributed by atoms with van der Waals surface area (Å²) in [6.45, 7) is 1.86. The fourth-order valence-electron chi connectivity index (χ4n) is 5.00. The average molecular weight is 573 g/mol. The summed E-state index contributed by atoms with van der Waals surface area (Å²) in [5, 5.41) is 0. The maximum Gasteiger partial charge on any atom is 0.339 e. The minimum atomic E-state index is -4.14. The van der Waals surface area contributed by atoms with E-state index in [0.717, 1.165) is 5.56 Å². The second kappa shape index (κ2) is 9.52. The molecular formula is C27H25BrO7S. The predicted molar refractivity (Wildman–Crippen MR) is 135 cm³/mol. The molecule has 3 aliphatic rings. The first kappa shape index (κ1) is 24.8. The van der Waals surface area contributed by atoms with E-state index in [0.29, 0.717) is 71.2 Å². The van der Waals surface area contributed by atoms with Gasteiger partial charge in [0.1, 0.15) is 16.4 Å². The van der Waals surface area contributed by atoms with Gasteiger partial charge >= 0.3 is 10.1 Å². The maximum atomic E-state index is 13.0. The van der Waals surface area contributed by atoms with Crippen LogP contribution < -0.4 is 8.92 Å². The lowest BCUT2D eigenvalue weighted by Crippen LogP contribution is -2.30. The van der Waals surface area contributed by atoms with Gasteiger partial charge < -0.3 is 13.7 Å². The van der Waals surface area contributed by atoms with Crippen LogP contribution in [0.25, 0.3) is 0 Å². The van der Waals surface area contributed by atoms with E-state index in [-0.39, 0.29) is 28.0 Å². The summed E-state index contributed by atoms with van der Waals surface area (Å²) in [4.78, 5) is 26.1. The van der Waals surface area contributed by atoms with Crippen LogP contribution in [-0.2, 0) is 24.4 Å². The Kier molecular flexibility index (Phi) is 6.55. The van der Waals surface area contributed by atoms with Crippen molar-refractivity contribution in [3.8, 4) is 11.5 Å². The monoisotopic (exact) mass is 572 g/mol. The van der Waals surface area contributed by atoms with E-state index in [1.54, 1.807) is 24.3 Å². The third-order valence-corrected chi connectivity index (χ3v) is 8.55. The van der Waals surface area contributed by atoms with E-state index < -0.39 is 16.0 Å². The van der Waals surface area contributed by atoms with Crippen LogP contribution in [0.5, 0.6) is 11.5 Å². The number of aryl methyl sites for hydroxylation is 1. The van der Waals surface area contributed by atoms with E-state index in [4.69, 9.17) is 13.7 Å². The lowest BCUT2D eigenvalue weighted by Gasteiger charge is -2.36. The summed E-state index contributed by atoms with van der Waals surface area (Å²) in [7, 11) is -2.72. The molecule has 1 heterocycles. The predicted octanol–water partition coefficient (Wildman–Crippen LogP) is 5.66. The Morgan fingerprint density at radius 2 is 1.50 bits per heavy atom. The molecule has 188 valence electrons. The summed E-state index contributed by atoms with van der Waals surface area (Å²) >= 11 is 3.45. The SMILES string of the molecule is COc1cc(C2C3=C(CCCC3=O)OC3=C2C(=O)CCC3)cc(Br)c1OS(=O)(=O)c1ccc(C)cc1. The molecule has 0 N–H and O–H groups in total. The van der Waals surface area contributed by atoms with Crippen molar-refractivity contribution in [3.05, 3.63) is 74.7 Å². The topological polar surface area (TPSA) is 96.0 Å². The van der Waals surface area contributed by atoms with E-state index >= 15 is 0 Å². The normalized spacial score (nSPS) is 18.5. The number of rotatable bonds is 5. The van der Waals surface area contributed by atoms with E-state index in [1.165, 1.54) is 19.2 Å². The van der Waals surface area contributed by atoms with E-state index in [2.05, 4.69) is 15.9 Å². The van der Waals surface area contributed by atoms with Gasteiger partial charge in [0.25, 0.3) is 0 Å². The molecule has 0 bridgehead atoms. The molecule has 2 aromatic carbocycles. The fraction of sp³-hybridized carbons (Fsp3) is 0.333. The molecule has 0 aromatic heterocycles. The number of methoxy groups -OCH3 is 1. The van der Waals surface area contributed by atoms with Crippen LogP contribution in [-0.4, -0.2) is 27.1 Å². The van der Waals surface area contributed by atoms with Crippen LogP contribution in [0, 0.1) is 6.92 Å². The third-order valence-electron chi connectivity index (χ3n) is 6.73. The molecule has 0 fully saturated rings. The average Bonchev–Trinajstić information content (AvgIpc) is 2.84. The van der Waals surface area contributed by atoms with Gasteiger partial charge in [0.2, 0.25) is 0 Å². The summed E-state index contributed by atoms with van der Waals surface area (Å²) in [6.07, 6.45) is 3.47. The van der Waals surface area contributed by atoms with E-state index in [1.807, 2.05) is 6.92 Å². The number of hydrogen-bond donors (Lipinski definition) is 0. The Hall–Kier alpha value is -2.91. The van der Waals surface area contributed by atoms with Gasteiger partial charge in [0.05, 0.1) is 11.6 Å². The zero-order valence-electron chi connectivity index (χ0n) is 19.9. The van der Waals surface area contributed by atoms with Gasteiger partial charge in [-0.3, -0.25) is 9.59 Å². The number of hydrogen-bond acceptors (Lipinski definition) is 7. The summed E-state index contributed by atoms with van der Waals surface area (Å²) in [5.41, 5.74) is 2.56. The van der Waals surface area contributed by atoms with Crippen LogP contribution in [0.4, 0.5) is 0 Å². The smallest absolute Gasteiger partial charge is 0.339 e. The Labute approximate surface area is 218 Å². The Morgan fingerprint density at radius 3 is 2.06 bits per heavy atom. The van der Waals surface area contributed by atoms with Gasteiger partial charge in [-0.2, -0.15) is 8.42 Å². The highest BCUT2D eigenvalue weighted by molar-refractivity contribution is 9.10. The number of halogens is 1. The van der Waals surface area contributed by atoms with Crippen molar-refractivity contribution in [1.82, 2.24) is 0 Å². The van der Waals surface area contributed by atoms with Crippen molar-refractivity contribution < 1.29 is 31.7 Å². The molecule has 1 aliphatic heterocycles. The quantitative estimate of drug-likeness (QED) is 0.426. The molecule has 0 amide bonds. The number of carbonyl (C=O) groups is 2. The molecular weight excluding hydrogens is 548 g/mol. The molecule has 2 aliphatic carbocycles. The number of benzene rings is 2. The summed E-state index contributed by atoms with van der Waals surface area (Å²) in [5.74, 6) is 0.730. The number of allylic oxidation sites excluding steroid dienone is 4. The zero-order chi connectivity index (χ0) is 25.6. The van der Waals surface area contributed by atoms with Gasteiger partial charge in [-0.05, 0) is 65.5 Å². The van der Waals surface area contributed by atoms with Crippen LogP contribution >= 0.6 is 15.9 Å². The third kappa shape index (κ3) is 4.39. The Bertz CT molecular complexity index is 1390.